The van der Waals surface area contributed by atoms with E-state index in [-0.39, 0.29) is 31.1 Å². The summed E-state index contributed by atoms with van der Waals surface area (Å²) >= 11 is 0. The Hall–Kier alpha value is -4.19. The maximum atomic E-state index is 12.9. The smallest absolute Gasteiger partial charge is 0.306 e. The highest BCUT2D eigenvalue weighted by molar-refractivity contribution is 5.71. The molecular formula is C64H104O6. The average molecular weight is 970 g/mol. The quantitative estimate of drug-likeness (QED) is 0.0262. The zero-order valence-corrected chi connectivity index (χ0v) is 45.2. The molecule has 0 aromatic carbocycles. The summed E-state index contributed by atoms with van der Waals surface area (Å²) in [4.78, 5) is 38.1. The third-order valence-electron chi connectivity index (χ3n) is 11.7. The summed E-state index contributed by atoms with van der Waals surface area (Å²) in [6.45, 7) is 6.36. The second-order valence-corrected chi connectivity index (χ2v) is 18.4. The van der Waals surface area contributed by atoms with Crippen molar-refractivity contribution < 1.29 is 28.6 Å². The van der Waals surface area contributed by atoms with Gasteiger partial charge in [-0.05, 0) is 109 Å². The molecule has 0 spiro atoms. The Morgan fingerprint density at radius 1 is 0.300 bits per heavy atom. The van der Waals surface area contributed by atoms with Gasteiger partial charge in [-0.3, -0.25) is 14.4 Å². The Morgan fingerprint density at radius 3 is 0.900 bits per heavy atom. The van der Waals surface area contributed by atoms with Crippen LogP contribution in [0.2, 0.25) is 0 Å². The van der Waals surface area contributed by atoms with E-state index in [0.29, 0.717) is 25.7 Å². The molecule has 0 rings (SSSR count). The van der Waals surface area contributed by atoms with E-state index in [9.17, 15) is 14.4 Å². The summed E-state index contributed by atoms with van der Waals surface area (Å²) in [5.74, 6) is -0.960. The number of ether oxygens (including phenoxy) is 3. The number of rotatable bonds is 50. The minimum atomic E-state index is -0.806. The lowest BCUT2D eigenvalue weighted by Crippen LogP contribution is -2.30. The van der Waals surface area contributed by atoms with Gasteiger partial charge in [0.05, 0.1) is 0 Å². The number of carbonyl (C=O) groups excluding carboxylic acids is 3. The Bertz CT molecular complexity index is 1490. The van der Waals surface area contributed by atoms with Gasteiger partial charge in [-0.2, -0.15) is 0 Å². The van der Waals surface area contributed by atoms with Crippen LogP contribution in [0.1, 0.15) is 245 Å². The molecule has 0 aromatic rings. The summed E-state index contributed by atoms with van der Waals surface area (Å²) in [6, 6.07) is 0. The molecule has 70 heavy (non-hydrogen) atoms. The fraction of sp³-hybridized carbons (Fsp3) is 0.641. The van der Waals surface area contributed by atoms with Crippen LogP contribution in [0.4, 0.5) is 0 Å². The molecule has 0 saturated heterocycles. The first-order valence-corrected chi connectivity index (χ1v) is 28.5. The molecule has 0 heterocycles. The molecular weight excluding hydrogens is 865 g/mol. The number of unbranched alkanes of at least 4 members (excludes halogenated alkanes) is 19. The number of allylic oxidation sites excluding steroid dienone is 20. The lowest BCUT2D eigenvalue weighted by molar-refractivity contribution is -0.167. The second-order valence-electron chi connectivity index (χ2n) is 18.4. The van der Waals surface area contributed by atoms with Crippen molar-refractivity contribution in [1.29, 1.82) is 0 Å². The van der Waals surface area contributed by atoms with Crippen molar-refractivity contribution in [3.63, 3.8) is 0 Å². The molecule has 6 heteroatoms. The summed E-state index contributed by atoms with van der Waals surface area (Å²) in [6.07, 6.45) is 79.0. The van der Waals surface area contributed by atoms with Gasteiger partial charge >= 0.3 is 17.9 Å². The molecule has 396 valence electrons. The number of hydrogen-bond acceptors (Lipinski definition) is 6. The summed E-state index contributed by atoms with van der Waals surface area (Å²) < 4.78 is 16.8. The number of hydrogen-bond donors (Lipinski definition) is 0. The third kappa shape index (κ3) is 54.7. The molecule has 6 nitrogen and oxygen atoms in total. The fourth-order valence-corrected chi connectivity index (χ4v) is 7.49. The molecule has 0 aliphatic heterocycles. The largest absolute Gasteiger partial charge is 0.462 e. The molecule has 0 aromatic heterocycles. The summed E-state index contributed by atoms with van der Waals surface area (Å²) in [5, 5.41) is 0. The van der Waals surface area contributed by atoms with Crippen LogP contribution in [0.3, 0.4) is 0 Å². The van der Waals surface area contributed by atoms with Crippen LogP contribution in [0.25, 0.3) is 0 Å². The third-order valence-corrected chi connectivity index (χ3v) is 11.7. The predicted molar refractivity (Wildman–Crippen MR) is 302 cm³/mol. The van der Waals surface area contributed by atoms with Crippen LogP contribution in [-0.4, -0.2) is 37.2 Å². The first-order valence-electron chi connectivity index (χ1n) is 28.5. The first kappa shape index (κ1) is 65.8. The highest BCUT2D eigenvalue weighted by atomic mass is 16.6. The highest BCUT2D eigenvalue weighted by Gasteiger charge is 2.19. The normalized spacial score (nSPS) is 13.0. The first-order chi connectivity index (χ1) is 34.5. The van der Waals surface area contributed by atoms with E-state index < -0.39 is 6.10 Å². The zero-order chi connectivity index (χ0) is 50.7. The van der Waals surface area contributed by atoms with Crippen LogP contribution >= 0.6 is 0 Å². The van der Waals surface area contributed by atoms with Crippen LogP contribution in [-0.2, 0) is 28.6 Å². The Labute approximate surface area is 431 Å². The van der Waals surface area contributed by atoms with Gasteiger partial charge in [-0.15, -0.1) is 0 Å². The van der Waals surface area contributed by atoms with Crippen LogP contribution in [0, 0.1) is 0 Å². The van der Waals surface area contributed by atoms with Gasteiger partial charge < -0.3 is 14.2 Å². The Balaban J connectivity index is 4.48. The predicted octanol–water partition coefficient (Wildman–Crippen LogP) is 19.3. The van der Waals surface area contributed by atoms with E-state index in [4.69, 9.17) is 14.2 Å². The average Bonchev–Trinajstić information content (AvgIpc) is 3.36. The molecule has 0 N–H and O–H groups in total. The Kier molecular flexibility index (Phi) is 54.0. The van der Waals surface area contributed by atoms with Gasteiger partial charge in [0.15, 0.2) is 6.10 Å². The van der Waals surface area contributed by atoms with E-state index in [0.717, 1.165) is 128 Å². The molecule has 0 saturated carbocycles. The van der Waals surface area contributed by atoms with Gasteiger partial charge in [0, 0.05) is 19.3 Å². The lowest BCUT2D eigenvalue weighted by atomic mass is 10.0. The van der Waals surface area contributed by atoms with Crippen molar-refractivity contribution in [2.45, 2.75) is 252 Å². The van der Waals surface area contributed by atoms with E-state index >= 15 is 0 Å². The van der Waals surface area contributed by atoms with Gasteiger partial charge in [-0.25, -0.2) is 0 Å². The summed E-state index contributed by atoms with van der Waals surface area (Å²) in [7, 11) is 0. The van der Waals surface area contributed by atoms with Crippen molar-refractivity contribution in [2.75, 3.05) is 13.2 Å². The van der Waals surface area contributed by atoms with Crippen LogP contribution in [0.15, 0.2) is 122 Å². The molecule has 0 aliphatic carbocycles. The Morgan fingerprint density at radius 2 is 0.557 bits per heavy atom. The van der Waals surface area contributed by atoms with Crippen molar-refractivity contribution in [2.24, 2.45) is 0 Å². The summed E-state index contributed by atoms with van der Waals surface area (Å²) in [5.41, 5.74) is 0. The minimum Gasteiger partial charge on any atom is -0.462 e. The van der Waals surface area contributed by atoms with E-state index in [1.807, 2.05) is 0 Å². The van der Waals surface area contributed by atoms with Gasteiger partial charge in [0.25, 0.3) is 0 Å². The second kappa shape index (κ2) is 57.4. The van der Waals surface area contributed by atoms with Crippen molar-refractivity contribution in [1.82, 2.24) is 0 Å². The standard InChI is InChI=1S/C64H104O6/c1-4-7-10-13-16-19-22-25-27-29-31-32-34-35-37-39-42-45-48-51-54-57-63(66)69-60-61(59-68-62(65)56-53-50-47-44-41-24-21-18-15-12-9-6-3)70-64(67)58-55-52-49-46-43-40-38-36-33-30-28-26-23-20-17-14-11-8-5-2/h7-8,10-11,16-17,19-20,25-28,31-33,35-37,42,45,61H,4-6,9,12-15,18,21-24,29-30,34,38-41,43-44,46-60H2,1-3H3/b10-7-,11-8-,19-16-,20-17-,27-25-,28-26-,32-31-,36-33-,37-35-,45-42-. The van der Waals surface area contributed by atoms with Crippen LogP contribution in [0.5, 0.6) is 0 Å². The van der Waals surface area contributed by atoms with Gasteiger partial charge in [0.2, 0.25) is 0 Å². The molecule has 1 atom stereocenters. The number of esters is 3. The van der Waals surface area contributed by atoms with E-state index in [2.05, 4.69) is 142 Å². The number of carbonyl (C=O) groups is 3. The fourth-order valence-electron chi connectivity index (χ4n) is 7.49. The van der Waals surface area contributed by atoms with Gasteiger partial charge in [0.1, 0.15) is 13.2 Å². The van der Waals surface area contributed by atoms with Crippen molar-refractivity contribution in [3.05, 3.63) is 122 Å². The molecule has 0 amide bonds. The minimum absolute atomic E-state index is 0.0991. The SMILES string of the molecule is CC/C=C\C/C=C\C/C=C\C/C=C\C/C=C\C/C=C\CCCCC(=O)OCC(COC(=O)CCCCCCCCCCCCCC)OC(=O)CCCCCCCC/C=C\C/C=C\C/C=C\C/C=C\CC. The molecule has 1 unspecified atom stereocenters. The van der Waals surface area contributed by atoms with E-state index in [1.54, 1.807) is 0 Å². The lowest BCUT2D eigenvalue weighted by Gasteiger charge is -2.18. The molecule has 0 aliphatic rings. The van der Waals surface area contributed by atoms with E-state index in [1.165, 1.54) is 70.6 Å². The topological polar surface area (TPSA) is 78.9 Å². The zero-order valence-electron chi connectivity index (χ0n) is 45.2. The maximum Gasteiger partial charge on any atom is 0.306 e. The van der Waals surface area contributed by atoms with Gasteiger partial charge in [-0.1, -0.05) is 239 Å². The van der Waals surface area contributed by atoms with Crippen molar-refractivity contribution in [3.8, 4) is 0 Å². The maximum absolute atomic E-state index is 12.9. The highest BCUT2D eigenvalue weighted by Crippen LogP contribution is 2.14. The van der Waals surface area contributed by atoms with Crippen LogP contribution < -0.4 is 0 Å². The monoisotopic (exact) mass is 969 g/mol. The molecule has 0 fully saturated rings. The van der Waals surface area contributed by atoms with Crippen molar-refractivity contribution >= 4 is 17.9 Å². The molecule has 0 bridgehead atoms. The molecule has 0 radical (unpaired) electrons.